The van der Waals surface area contributed by atoms with Crippen LogP contribution in [0.1, 0.15) is 27.7 Å². The first-order valence-corrected chi connectivity index (χ1v) is 4.53. The Morgan fingerprint density at radius 2 is 1.44 bits per heavy atom. The number of rotatable bonds is 3. The zero-order valence-corrected chi connectivity index (χ0v) is 8.27. The lowest BCUT2D eigenvalue weighted by atomic mass is 10.2. The van der Waals surface area contributed by atoms with Crippen LogP contribution in [0.2, 0.25) is 0 Å². The summed E-state index contributed by atoms with van der Waals surface area (Å²) < 4.78 is 0. The molecule has 0 saturated carbocycles. The number of hydrogen-bond donors (Lipinski definition) is 0. The molecule has 0 bridgehead atoms. The van der Waals surface area contributed by atoms with Crippen molar-refractivity contribution in [3.8, 4) is 0 Å². The highest BCUT2D eigenvalue weighted by atomic mass is 79.9. The van der Waals surface area contributed by atoms with E-state index in [4.69, 9.17) is 0 Å². The van der Waals surface area contributed by atoms with Crippen LogP contribution in [0, 0.1) is 0 Å². The molecular formula is C7H16BrN. The SMILES string of the molecule is CC(C)N(CBr)C(C)C. The highest BCUT2D eigenvalue weighted by molar-refractivity contribution is 9.09. The molecule has 0 heterocycles. The quantitative estimate of drug-likeness (QED) is 0.492. The fourth-order valence-corrected chi connectivity index (χ4v) is 2.03. The first-order valence-electron chi connectivity index (χ1n) is 3.41. The molecule has 0 rings (SSSR count). The molecule has 1 nitrogen and oxygen atoms in total. The van der Waals surface area contributed by atoms with Gasteiger partial charge in [0, 0.05) is 12.1 Å². The molecule has 0 atom stereocenters. The van der Waals surface area contributed by atoms with Crippen LogP contribution < -0.4 is 0 Å². The molecular weight excluding hydrogens is 178 g/mol. The fourth-order valence-electron chi connectivity index (χ4n) is 0.872. The summed E-state index contributed by atoms with van der Waals surface area (Å²) in [4.78, 5) is 2.38. The van der Waals surface area contributed by atoms with Gasteiger partial charge in [-0.15, -0.1) is 0 Å². The van der Waals surface area contributed by atoms with E-state index in [1.54, 1.807) is 0 Å². The van der Waals surface area contributed by atoms with Gasteiger partial charge in [0.25, 0.3) is 0 Å². The molecule has 0 amide bonds. The predicted octanol–water partition coefficient (Wildman–Crippen LogP) is 2.46. The van der Waals surface area contributed by atoms with Crippen molar-refractivity contribution in [1.29, 1.82) is 0 Å². The average molecular weight is 194 g/mol. The molecule has 0 aromatic carbocycles. The van der Waals surface area contributed by atoms with E-state index in [9.17, 15) is 0 Å². The Balaban J connectivity index is 3.68. The Morgan fingerprint density at radius 1 is 1.11 bits per heavy atom. The number of halogens is 1. The maximum absolute atomic E-state index is 3.44. The summed E-state index contributed by atoms with van der Waals surface area (Å²) in [7, 11) is 0. The van der Waals surface area contributed by atoms with E-state index in [0.717, 1.165) is 5.45 Å². The Hall–Kier alpha value is 0.440. The smallest absolute Gasteiger partial charge is 0.0547 e. The van der Waals surface area contributed by atoms with Crippen molar-refractivity contribution in [1.82, 2.24) is 4.90 Å². The molecule has 9 heavy (non-hydrogen) atoms. The van der Waals surface area contributed by atoms with E-state index in [1.807, 2.05) is 0 Å². The third-order valence-corrected chi connectivity index (χ3v) is 2.04. The van der Waals surface area contributed by atoms with Crippen LogP contribution in [0.4, 0.5) is 0 Å². The van der Waals surface area contributed by atoms with E-state index in [2.05, 4.69) is 48.5 Å². The van der Waals surface area contributed by atoms with Crippen molar-refractivity contribution < 1.29 is 0 Å². The summed E-state index contributed by atoms with van der Waals surface area (Å²) >= 11 is 3.44. The summed E-state index contributed by atoms with van der Waals surface area (Å²) in [6, 6.07) is 1.29. The first-order chi connectivity index (χ1) is 4.09. The third-order valence-electron chi connectivity index (χ3n) is 1.46. The Bertz CT molecular complexity index is 63.3. The predicted molar refractivity (Wildman–Crippen MR) is 45.9 cm³/mol. The second kappa shape index (κ2) is 4.29. The van der Waals surface area contributed by atoms with Gasteiger partial charge in [-0.25, -0.2) is 0 Å². The van der Waals surface area contributed by atoms with Gasteiger partial charge in [-0.1, -0.05) is 15.9 Å². The number of nitrogens with zero attached hydrogens (tertiary/aromatic N) is 1. The van der Waals surface area contributed by atoms with Crippen LogP contribution in [-0.4, -0.2) is 22.4 Å². The van der Waals surface area contributed by atoms with Crippen molar-refractivity contribution in [2.45, 2.75) is 39.8 Å². The van der Waals surface area contributed by atoms with Gasteiger partial charge in [0.15, 0.2) is 0 Å². The Kier molecular flexibility index (Phi) is 4.50. The van der Waals surface area contributed by atoms with E-state index in [0.29, 0.717) is 12.1 Å². The molecule has 0 unspecified atom stereocenters. The van der Waals surface area contributed by atoms with Crippen LogP contribution in [0.3, 0.4) is 0 Å². The van der Waals surface area contributed by atoms with Gasteiger partial charge in [-0.05, 0) is 27.7 Å². The zero-order chi connectivity index (χ0) is 7.44. The molecule has 0 aliphatic carbocycles. The number of hydrogen-bond acceptors (Lipinski definition) is 1. The lowest BCUT2D eigenvalue weighted by Gasteiger charge is -2.27. The second-order valence-corrected chi connectivity index (χ2v) is 3.32. The van der Waals surface area contributed by atoms with E-state index in [-0.39, 0.29) is 0 Å². The Labute approximate surface area is 66.6 Å². The third kappa shape index (κ3) is 3.21. The van der Waals surface area contributed by atoms with Gasteiger partial charge >= 0.3 is 0 Å². The highest BCUT2D eigenvalue weighted by Gasteiger charge is 2.09. The second-order valence-electron chi connectivity index (χ2n) is 2.82. The van der Waals surface area contributed by atoms with Crippen LogP contribution in [0.15, 0.2) is 0 Å². The molecule has 0 N–H and O–H groups in total. The molecule has 0 aromatic rings. The lowest BCUT2D eigenvalue weighted by molar-refractivity contribution is 0.213. The molecule has 56 valence electrons. The van der Waals surface area contributed by atoms with Crippen LogP contribution in [0.5, 0.6) is 0 Å². The maximum atomic E-state index is 3.44. The van der Waals surface area contributed by atoms with Gasteiger partial charge in [0.1, 0.15) is 0 Å². The lowest BCUT2D eigenvalue weighted by Crippen LogP contribution is -2.35. The molecule has 2 heteroatoms. The van der Waals surface area contributed by atoms with Crippen molar-refractivity contribution in [3.05, 3.63) is 0 Å². The van der Waals surface area contributed by atoms with E-state index in [1.165, 1.54) is 0 Å². The van der Waals surface area contributed by atoms with Crippen molar-refractivity contribution in [3.63, 3.8) is 0 Å². The number of alkyl halides is 1. The fraction of sp³-hybridized carbons (Fsp3) is 1.00. The first kappa shape index (κ1) is 9.44. The summed E-state index contributed by atoms with van der Waals surface area (Å²) in [6.45, 7) is 8.84. The van der Waals surface area contributed by atoms with Gasteiger partial charge < -0.3 is 0 Å². The zero-order valence-electron chi connectivity index (χ0n) is 6.69. The van der Waals surface area contributed by atoms with Crippen LogP contribution >= 0.6 is 15.9 Å². The molecule has 0 spiro atoms. The van der Waals surface area contributed by atoms with E-state index >= 15 is 0 Å². The van der Waals surface area contributed by atoms with Gasteiger partial charge in [-0.3, -0.25) is 4.90 Å². The molecule has 0 saturated heterocycles. The van der Waals surface area contributed by atoms with Crippen molar-refractivity contribution >= 4 is 15.9 Å². The van der Waals surface area contributed by atoms with Gasteiger partial charge in [0.2, 0.25) is 0 Å². The topological polar surface area (TPSA) is 3.24 Å². The van der Waals surface area contributed by atoms with Gasteiger partial charge in [-0.2, -0.15) is 0 Å². The minimum Gasteiger partial charge on any atom is -0.289 e. The summed E-state index contributed by atoms with van der Waals surface area (Å²) in [6.07, 6.45) is 0. The monoisotopic (exact) mass is 193 g/mol. The van der Waals surface area contributed by atoms with Crippen molar-refractivity contribution in [2.75, 3.05) is 5.45 Å². The van der Waals surface area contributed by atoms with E-state index < -0.39 is 0 Å². The normalized spacial score (nSPS) is 12.0. The molecule has 0 aromatic heterocycles. The van der Waals surface area contributed by atoms with Crippen LogP contribution in [0.25, 0.3) is 0 Å². The van der Waals surface area contributed by atoms with Gasteiger partial charge in [0.05, 0.1) is 5.45 Å². The maximum Gasteiger partial charge on any atom is 0.0547 e. The minimum atomic E-state index is 0.643. The summed E-state index contributed by atoms with van der Waals surface area (Å²) in [5.41, 5.74) is 0.975. The average Bonchev–Trinajstić information content (AvgIpc) is 1.64. The molecule has 0 fully saturated rings. The molecule has 0 radical (unpaired) electrons. The van der Waals surface area contributed by atoms with Crippen LogP contribution in [-0.2, 0) is 0 Å². The summed E-state index contributed by atoms with van der Waals surface area (Å²) in [5, 5.41) is 0. The largest absolute Gasteiger partial charge is 0.289 e. The Morgan fingerprint density at radius 3 is 1.44 bits per heavy atom. The molecule has 0 aliphatic heterocycles. The standard InChI is InChI=1S/C7H16BrN/c1-6(2)9(5-8)7(3)4/h6-7H,5H2,1-4H3. The molecule has 0 aliphatic rings. The minimum absolute atomic E-state index is 0.643. The highest BCUT2D eigenvalue weighted by Crippen LogP contribution is 2.05. The summed E-state index contributed by atoms with van der Waals surface area (Å²) in [5.74, 6) is 0. The van der Waals surface area contributed by atoms with Crippen molar-refractivity contribution in [2.24, 2.45) is 0 Å².